The van der Waals surface area contributed by atoms with E-state index in [1.165, 1.54) is 18.2 Å². The van der Waals surface area contributed by atoms with Crippen molar-refractivity contribution in [2.24, 2.45) is 0 Å². The zero-order chi connectivity index (χ0) is 8.15. The fourth-order valence-electron chi connectivity index (χ4n) is 0.517. The number of hydrogen-bond donors (Lipinski definition) is 2. The molecule has 0 heterocycles. The van der Waals surface area contributed by atoms with E-state index in [-0.39, 0.29) is 6.04 Å². The van der Waals surface area contributed by atoms with Crippen LogP contribution in [0.1, 0.15) is 13.3 Å². The fraction of sp³-hybridized carbons (Fsp3) is 0.667. The summed E-state index contributed by atoms with van der Waals surface area (Å²) >= 11 is 0. The number of nitrogens with zero attached hydrogens (tertiary/aromatic N) is 1. The third-order valence-electron chi connectivity index (χ3n) is 1.42. The predicted molar refractivity (Wildman–Crippen MR) is 38.7 cm³/mol. The van der Waals surface area contributed by atoms with Gasteiger partial charge in [0.25, 0.3) is 0 Å². The number of carboxylic acid groups (broad SMARTS) is 1. The second-order valence-electron chi connectivity index (χ2n) is 2.18. The molecule has 0 aromatic heterocycles. The molecule has 0 aliphatic carbocycles. The Morgan fingerprint density at radius 3 is 2.70 bits per heavy atom. The second kappa shape index (κ2) is 3.87. The van der Waals surface area contributed by atoms with Crippen LogP contribution in [0.2, 0.25) is 0 Å². The van der Waals surface area contributed by atoms with Crippen molar-refractivity contribution in [3.05, 3.63) is 0 Å². The van der Waals surface area contributed by atoms with Gasteiger partial charge in [0.15, 0.2) is 0 Å². The van der Waals surface area contributed by atoms with Crippen molar-refractivity contribution in [2.45, 2.75) is 19.4 Å². The summed E-state index contributed by atoms with van der Waals surface area (Å²) in [6.07, 6.45) is 0.738. The molecular weight excluding hydrogens is 132 g/mol. The van der Waals surface area contributed by atoms with Crippen LogP contribution < -0.4 is 0 Å². The van der Waals surface area contributed by atoms with E-state index in [9.17, 15) is 4.79 Å². The van der Waals surface area contributed by atoms with Gasteiger partial charge in [-0.05, 0) is 13.1 Å². The maximum absolute atomic E-state index is 10.3. The average molecular weight is 144 g/mol. The van der Waals surface area contributed by atoms with Crippen LogP contribution in [-0.2, 0) is 0 Å². The zero-order valence-electron chi connectivity index (χ0n) is 6.16. The maximum Gasteiger partial charge on any atom is 0.407 e. The molecule has 1 atom stereocenters. The molecule has 0 aromatic rings. The lowest BCUT2D eigenvalue weighted by atomic mass is 10.2. The fourth-order valence-corrected chi connectivity index (χ4v) is 0.517. The van der Waals surface area contributed by atoms with Gasteiger partial charge in [0.1, 0.15) is 0 Å². The van der Waals surface area contributed by atoms with E-state index in [1.54, 1.807) is 6.92 Å². The minimum absolute atomic E-state index is 0.102. The molecule has 0 fully saturated rings. The van der Waals surface area contributed by atoms with Gasteiger partial charge in [-0.15, -0.1) is 0 Å². The van der Waals surface area contributed by atoms with E-state index >= 15 is 0 Å². The van der Waals surface area contributed by atoms with Gasteiger partial charge in [0.05, 0.1) is 0 Å². The van der Waals surface area contributed by atoms with Crippen molar-refractivity contribution in [3.63, 3.8) is 0 Å². The van der Waals surface area contributed by atoms with Crippen molar-refractivity contribution in [1.29, 1.82) is 5.41 Å². The summed E-state index contributed by atoms with van der Waals surface area (Å²) in [7, 11) is 1.50. The summed E-state index contributed by atoms with van der Waals surface area (Å²) < 4.78 is 0. The van der Waals surface area contributed by atoms with Crippen LogP contribution in [0.4, 0.5) is 4.79 Å². The van der Waals surface area contributed by atoms with Crippen molar-refractivity contribution < 1.29 is 9.90 Å². The van der Waals surface area contributed by atoms with Crippen LogP contribution in [0, 0.1) is 5.41 Å². The summed E-state index contributed by atoms with van der Waals surface area (Å²) in [6, 6.07) is -0.102. The molecule has 0 saturated heterocycles. The lowest BCUT2D eigenvalue weighted by Crippen LogP contribution is -2.33. The summed E-state index contributed by atoms with van der Waals surface area (Å²) in [5, 5.41) is 15.2. The van der Waals surface area contributed by atoms with Crippen LogP contribution >= 0.6 is 0 Å². The van der Waals surface area contributed by atoms with Crippen molar-refractivity contribution in [3.8, 4) is 0 Å². The summed E-state index contributed by atoms with van der Waals surface area (Å²) in [6.45, 7) is 1.76. The third kappa shape index (κ3) is 2.48. The minimum Gasteiger partial charge on any atom is -0.465 e. The quantitative estimate of drug-likeness (QED) is 0.581. The molecule has 4 heteroatoms. The van der Waals surface area contributed by atoms with E-state index in [0.717, 1.165) is 0 Å². The second-order valence-corrected chi connectivity index (χ2v) is 2.18. The normalized spacial score (nSPS) is 12.2. The summed E-state index contributed by atoms with van der Waals surface area (Å²) in [5.74, 6) is 0. The highest BCUT2D eigenvalue weighted by atomic mass is 16.4. The Morgan fingerprint density at radius 1 is 1.90 bits per heavy atom. The van der Waals surface area contributed by atoms with Crippen LogP contribution in [-0.4, -0.2) is 35.4 Å². The van der Waals surface area contributed by atoms with E-state index in [1.807, 2.05) is 0 Å². The van der Waals surface area contributed by atoms with E-state index in [0.29, 0.717) is 6.42 Å². The molecule has 0 rings (SSSR count). The van der Waals surface area contributed by atoms with Gasteiger partial charge in [-0.25, -0.2) is 4.79 Å². The lowest BCUT2D eigenvalue weighted by molar-refractivity contribution is 0.143. The first-order valence-corrected chi connectivity index (χ1v) is 3.04. The Bertz CT molecular complexity index is 136. The number of rotatable bonds is 3. The number of hydrogen-bond acceptors (Lipinski definition) is 2. The molecule has 4 nitrogen and oxygen atoms in total. The van der Waals surface area contributed by atoms with Gasteiger partial charge in [0, 0.05) is 19.5 Å². The number of amides is 1. The number of nitrogens with one attached hydrogen (secondary N) is 1. The molecule has 0 saturated carbocycles. The molecule has 0 aliphatic rings. The van der Waals surface area contributed by atoms with E-state index in [4.69, 9.17) is 10.5 Å². The largest absolute Gasteiger partial charge is 0.465 e. The first-order chi connectivity index (χ1) is 4.59. The Kier molecular flexibility index (Phi) is 3.46. The molecule has 1 unspecified atom stereocenters. The monoisotopic (exact) mass is 144 g/mol. The molecule has 0 spiro atoms. The number of carbonyl (C=O) groups is 1. The van der Waals surface area contributed by atoms with Crippen molar-refractivity contribution >= 4 is 12.3 Å². The molecule has 1 amide bonds. The molecule has 2 N–H and O–H groups in total. The Hall–Kier alpha value is -1.06. The predicted octanol–water partition coefficient (Wildman–Crippen LogP) is 1.02. The molecule has 58 valence electrons. The molecule has 0 aromatic carbocycles. The van der Waals surface area contributed by atoms with E-state index in [2.05, 4.69) is 0 Å². The molecular formula is C6H12N2O2. The molecule has 0 radical (unpaired) electrons. The van der Waals surface area contributed by atoms with Crippen molar-refractivity contribution in [1.82, 2.24) is 4.90 Å². The van der Waals surface area contributed by atoms with Gasteiger partial charge in [-0.2, -0.15) is 0 Å². The lowest BCUT2D eigenvalue weighted by Gasteiger charge is -2.19. The van der Waals surface area contributed by atoms with Crippen LogP contribution in [0.5, 0.6) is 0 Å². The summed E-state index contributed by atoms with van der Waals surface area (Å²) in [4.78, 5) is 11.5. The van der Waals surface area contributed by atoms with Gasteiger partial charge in [0.2, 0.25) is 0 Å². The Balaban J connectivity index is 3.80. The minimum atomic E-state index is -0.950. The highest BCUT2D eigenvalue weighted by Crippen LogP contribution is 1.97. The molecule has 0 bridgehead atoms. The third-order valence-corrected chi connectivity index (χ3v) is 1.42. The zero-order valence-corrected chi connectivity index (χ0v) is 6.16. The van der Waals surface area contributed by atoms with Gasteiger partial charge < -0.3 is 15.4 Å². The van der Waals surface area contributed by atoms with Crippen LogP contribution in [0.3, 0.4) is 0 Å². The smallest absolute Gasteiger partial charge is 0.407 e. The highest BCUT2D eigenvalue weighted by Gasteiger charge is 2.11. The standard InChI is InChI=1S/C6H12N2O2/c1-5(3-4-7)8(2)6(9)10/h4-5,7H,3H2,1-2H3,(H,9,10). The van der Waals surface area contributed by atoms with Crippen LogP contribution in [0.25, 0.3) is 0 Å². The van der Waals surface area contributed by atoms with Crippen molar-refractivity contribution in [2.75, 3.05) is 7.05 Å². The maximum atomic E-state index is 10.3. The molecule has 10 heavy (non-hydrogen) atoms. The first kappa shape index (κ1) is 8.94. The first-order valence-electron chi connectivity index (χ1n) is 3.04. The molecule has 0 aliphatic heterocycles. The Morgan fingerprint density at radius 2 is 2.40 bits per heavy atom. The SMILES string of the molecule is CC(CC=N)N(C)C(=O)O. The summed E-state index contributed by atoms with van der Waals surface area (Å²) in [5.41, 5.74) is 0. The average Bonchev–Trinajstić information content (AvgIpc) is 1.87. The van der Waals surface area contributed by atoms with E-state index < -0.39 is 6.09 Å². The van der Waals surface area contributed by atoms with Crippen LogP contribution in [0.15, 0.2) is 0 Å². The van der Waals surface area contributed by atoms with Gasteiger partial charge in [-0.3, -0.25) is 0 Å². The highest BCUT2D eigenvalue weighted by molar-refractivity contribution is 5.66. The Labute approximate surface area is 60.0 Å². The van der Waals surface area contributed by atoms with Gasteiger partial charge in [-0.1, -0.05) is 0 Å². The topological polar surface area (TPSA) is 64.4 Å². The van der Waals surface area contributed by atoms with Gasteiger partial charge >= 0.3 is 6.09 Å².